The Morgan fingerprint density at radius 3 is 2.45 bits per heavy atom. The van der Waals surface area contributed by atoms with Crippen LogP contribution in [0.25, 0.3) is 11.1 Å². The summed E-state index contributed by atoms with van der Waals surface area (Å²) in [7, 11) is -0.793. The molecule has 5 nitrogen and oxygen atoms in total. The van der Waals surface area contributed by atoms with Crippen molar-refractivity contribution in [3.63, 3.8) is 0 Å². The number of anilines is 1. The van der Waals surface area contributed by atoms with Crippen LogP contribution in [0.1, 0.15) is 21.5 Å². The minimum atomic E-state index is -3.67. The standard InChI is InChI=1S/C22H19ClN2O3S/c1-25(2)29(27,28)17-8-10-21(23)20(13-17)22(26)24-16-7-9-19-15(12-16)11-14-5-3-4-6-18(14)19/h3-10,12-13H,11H2,1-2H3,(H,24,26). The number of sulfonamides is 1. The number of benzene rings is 3. The normalized spacial score (nSPS) is 12.6. The minimum Gasteiger partial charge on any atom is -0.322 e. The van der Waals surface area contributed by atoms with Gasteiger partial charge in [0.2, 0.25) is 10.0 Å². The van der Waals surface area contributed by atoms with Crippen LogP contribution in [0.15, 0.2) is 65.6 Å². The number of hydrogen-bond acceptors (Lipinski definition) is 3. The van der Waals surface area contributed by atoms with E-state index in [1.165, 1.54) is 43.4 Å². The van der Waals surface area contributed by atoms with Gasteiger partial charge < -0.3 is 5.32 Å². The molecule has 1 aliphatic rings. The topological polar surface area (TPSA) is 66.5 Å². The molecule has 3 aromatic carbocycles. The van der Waals surface area contributed by atoms with Crippen molar-refractivity contribution in [2.75, 3.05) is 19.4 Å². The zero-order chi connectivity index (χ0) is 20.8. The number of nitrogens with one attached hydrogen (secondary N) is 1. The van der Waals surface area contributed by atoms with Crippen LogP contribution < -0.4 is 5.32 Å². The molecule has 148 valence electrons. The average molecular weight is 427 g/mol. The van der Waals surface area contributed by atoms with Crippen LogP contribution in [0.2, 0.25) is 5.02 Å². The minimum absolute atomic E-state index is 0.0152. The van der Waals surface area contributed by atoms with Gasteiger partial charge in [-0.05, 0) is 59.0 Å². The lowest BCUT2D eigenvalue weighted by molar-refractivity contribution is 0.102. The van der Waals surface area contributed by atoms with E-state index in [4.69, 9.17) is 11.6 Å². The maximum absolute atomic E-state index is 12.8. The molecule has 0 spiro atoms. The van der Waals surface area contributed by atoms with Crippen LogP contribution in [-0.2, 0) is 16.4 Å². The van der Waals surface area contributed by atoms with E-state index >= 15 is 0 Å². The van der Waals surface area contributed by atoms with Gasteiger partial charge in [0, 0.05) is 19.8 Å². The van der Waals surface area contributed by atoms with Gasteiger partial charge in [0.05, 0.1) is 15.5 Å². The molecule has 3 aromatic rings. The number of hydrogen-bond donors (Lipinski definition) is 1. The smallest absolute Gasteiger partial charge is 0.257 e. The molecule has 0 bridgehead atoms. The fourth-order valence-corrected chi connectivity index (χ4v) is 4.60. The Balaban J connectivity index is 1.62. The zero-order valence-electron chi connectivity index (χ0n) is 15.9. The summed E-state index contributed by atoms with van der Waals surface area (Å²) in [6.45, 7) is 0. The van der Waals surface area contributed by atoms with Crippen LogP contribution in [0, 0.1) is 0 Å². The van der Waals surface area contributed by atoms with E-state index < -0.39 is 15.9 Å². The summed E-state index contributed by atoms with van der Waals surface area (Å²) in [6.07, 6.45) is 0.812. The van der Waals surface area contributed by atoms with Gasteiger partial charge >= 0.3 is 0 Å². The van der Waals surface area contributed by atoms with Crippen LogP contribution >= 0.6 is 11.6 Å². The number of amides is 1. The fraction of sp³-hybridized carbons (Fsp3) is 0.136. The molecule has 1 N–H and O–H groups in total. The first-order valence-electron chi connectivity index (χ1n) is 9.02. The first-order valence-corrected chi connectivity index (χ1v) is 10.8. The highest BCUT2D eigenvalue weighted by Gasteiger charge is 2.22. The number of rotatable bonds is 4. The van der Waals surface area contributed by atoms with E-state index in [2.05, 4.69) is 17.4 Å². The third-order valence-corrected chi connectivity index (χ3v) is 7.15. The molecule has 29 heavy (non-hydrogen) atoms. The number of carbonyl (C=O) groups excluding carboxylic acids is 1. The summed E-state index contributed by atoms with van der Waals surface area (Å²) >= 11 is 6.17. The van der Waals surface area contributed by atoms with E-state index in [9.17, 15) is 13.2 Å². The van der Waals surface area contributed by atoms with E-state index in [0.29, 0.717) is 5.69 Å². The molecule has 0 fully saturated rings. The Labute approximate surface area is 175 Å². The second kappa shape index (κ2) is 7.30. The van der Waals surface area contributed by atoms with Crippen LogP contribution in [-0.4, -0.2) is 32.7 Å². The number of carbonyl (C=O) groups is 1. The van der Waals surface area contributed by atoms with Gasteiger partial charge in [0.1, 0.15) is 0 Å². The van der Waals surface area contributed by atoms with Crippen molar-refractivity contribution in [2.45, 2.75) is 11.3 Å². The van der Waals surface area contributed by atoms with Gasteiger partial charge in [-0.1, -0.05) is 41.9 Å². The quantitative estimate of drug-likeness (QED) is 0.525. The van der Waals surface area contributed by atoms with Gasteiger partial charge in [-0.15, -0.1) is 0 Å². The molecular weight excluding hydrogens is 408 g/mol. The van der Waals surface area contributed by atoms with Crippen molar-refractivity contribution in [3.8, 4) is 11.1 Å². The second-order valence-corrected chi connectivity index (χ2v) is 9.65. The van der Waals surface area contributed by atoms with E-state index in [0.717, 1.165) is 21.9 Å². The number of nitrogens with zero attached hydrogens (tertiary/aromatic N) is 1. The van der Waals surface area contributed by atoms with Gasteiger partial charge in [-0.3, -0.25) is 4.79 Å². The Morgan fingerprint density at radius 2 is 1.69 bits per heavy atom. The molecule has 4 rings (SSSR count). The molecule has 7 heteroatoms. The number of halogens is 1. The Hall–Kier alpha value is -2.67. The highest BCUT2D eigenvalue weighted by Crippen LogP contribution is 2.37. The lowest BCUT2D eigenvalue weighted by Gasteiger charge is -2.13. The van der Waals surface area contributed by atoms with Crippen molar-refractivity contribution >= 4 is 33.2 Å². The summed E-state index contributed by atoms with van der Waals surface area (Å²) in [5, 5.41) is 3.02. The molecule has 0 aromatic heterocycles. The highest BCUT2D eigenvalue weighted by molar-refractivity contribution is 7.89. The zero-order valence-corrected chi connectivity index (χ0v) is 17.5. The van der Waals surface area contributed by atoms with E-state index in [1.807, 2.05) is 30.3 Å². The monoisotopic (exact) mass is 426 g/mol. The van der Waals surface area contributed by atoms with Gasteiger partial charge in [-0.2, -0.15) is 0 Å². The molecule has 1 aliphatic carbocycles. The van der Waals surface area contributed by atoms with Crippen molar-refractivity contribution < 1.29 is 13.2 Å². The van der Waals surface area contributed by atoms with Crippen molar-refractivity contribution in [1.82, 2.24) is 4.31 Å². The van der Waals surface area contributed by atoms with Gasteiger partial charge in [0.15, 0.2) is 0 Å². The lowest BCUT2D eigenvalue weighted by atomic mass is 10.1. The van der Waals surface area contributed by atoms with E-state index in [-0.39, 0.29) is 15.5 Å². The Kier molecular flexibility index (Phi) is 4.94. The molecule has 1 amide bonds. The first kappa shape index (κ1) is 19.6. The summed E-state index contributed by atoms with van der Waals surface area (Å²) < 4.78 is 25.8. The van der Waals surface area contributed by atoms with Crippen LogP contribution in [0.3, 0.4) is 0 Å². The van der Waals surface area contributed by atoms with Crippen molar-refractivity contribution in [1.29, 1.82) is 0 Å². The Bertz CT molecular complexity index is 1240. The lowest BCUT2D eigenvalue weighted by Crippen LogP contribution is -2.23. The second-order valence-electron chi connectivity index (χ2n) is 7.09. The summed E-state index contributed by atoms with van der Waals surface area (Å²) in [4.78, 5) is 12.8. The number of fused-ring (bicyclic) bond motifs is 3. The fourth-order valence-electron chi connectivity index (χ4n) is 3.47. The molecule has 0 radical (unpaired) electrons. The van der Waals surface area contributed by atoms with Crippen molar-refractivity contribution in [2.24, 2.45) is 0 Å². The van der Waals surface area contributed by atoms with Crippen LogP contribution in [0.4, 0.5) is 5.69 Å². The molecule has 0 aliphatic heterocycles. The average Bonchev–Trinajstić information content (AvgIpc) is 3.05. The largest absolute Gasteiger partial charge is 0.322 e. The summed E-state index contributed by atoms with van der Waals surface area (Å²) in [5.41, 5.74) is 5.52. The highest BCUT2D eigenvalue weighted by atomic mass is 35.5. The SMILES string of the molecule is CN(C)S(=O)(=O)c1ccc(Cl)c(C(=O)Nc2ccc3c(c2)Cc2ccccc2-3)c1. The maximum atomic E-state index is 12.8. The van der Waals surface area contributed by atoms with Crippen LogP contribution in [0.5, 0.6) is 0 Å². The summed E-state index contributed by atoms with van der Waals surface area (Å²) in [5.74, 6) is -0.457. The van der Waals surface area contributed by atoms with Gasteiger partial charge in [0.25, 0.3) is 5.91 Å². The maximum Gasteiger partial charge on any atom is 0.257 e. The molecule has 0 saturated carbocycles. The molecule has 0 saturated heterocycles. The van der Waals surface area contributed by atoms with Crippen molar-refractivity contribution in [3.05, 3.63) is 82.4 Å². The molecular formula is C22H19ClN2O3S. The molecule has 0 atom stereocenters. The molecule has 0 unspecified atom stereocenters. The van der Waals surface area contributed by atoms with Gasteiger partial charge in [-0.25, -0.2) is 12.7 Å². The van der Waals surface area contributed by atoms with E-state index in [1.54, 1.807) is 0 Å². The third-order valence-electron chi connectivity index (χ3n) is 5.01. The first-order chi connectivity index (χ1) is 13.8. The predicted octanol–water partition coefficient (Wildman–Crippen LogP) is 4.41. The predicted molar refractivity (Wildman–Crippen MR) is 115 cm³/mol. The Morgan fingerprint density at radius 1 is 0.966 bits per heavy atom. The third kappa shape index (κ3) is 3.55. The summed E-state index contributed by atoms with van der Waals surface area (Å²) in [6, 6.07) is 18.1. The molecule has 0 heterocycles.